The third kappa shape index (κ3) is 3.24. The number of para-hydroxylation sites is 1. The molecular weight excluding hydrogens is 270 g/mol. The predicted molar refractivity (Wildman–Crippen MR) is 71.4 cm³/mol. The Kier molecular flexibility index (Phi) is 4.38. The molecule has 2 aromatic carbocycles. The van der Waals surface area contributed by atoms with Crippen LogP contribution >= 0.6 is 11.6 Å². The normalized spacial score (nSPS) is 10.5. The summed E-state index contributed by atoms with van der Waals surface area (Å²) in [5, 5.41) is 0. The van der Waals surface area contributed by atoms with E-state index >= 15 is 0 Å². The summed E-state index contributed by atoms with van der Waals surface area (Å²) in [5.41, 5.74) is 2.16. The van der Waals surface area contributed by atoms with Crippen LogP contribution in [-0.2, 0) is 12.5 Å². The lowest BCUT2D eigenvalue weighted by Crippen LogP contribution is -2.02. The van der Waals surface area contributed by atoms with Gasteiger partial charge in [-0.05, 0) is 36.2 Å². The molecule has 0 bridgehead atoms. The lowest BCUT2D eigenvalue weighted by Gasteiger charge is -2.12. The molecule has 0 aliphatic heterocycles. The first-order valence-electron chi connectivity index (χ1n) is 5.83. The lowest BCUT2D eigenvalue weighted by molar-refractivity contribution is 0.286. The van der Waals surface area contributed by atoms with Crippen LogP contribution in [0, 0.1) is 18.6 Å². The standard InChI is InChI=1S/C15H13ClF2O/c1-10-5-6-13(17)7-12(10)9-19-15-11(8-16)3-2-4-14(15)18/h2-7H,8-9H2,1H3. The second-order valence-corrected chi connectivity index (χ2v) is 4.49. The highest BCUT2D eigenvalue weighted by atomic mass is 35.5. The van der Waals surface area contributed by atoms with Gasteiger partial charge in [-0.25, -0.2) is 8.78 Å². The largest absolute Gasteiger partial charge is 0.485 e. The van der Waals surface area contributed by atoms with Crippen LogP contribution in [-0.4, -0.2) is 0 Å². The van der Waals surface area contributed by atoms with E-state index in [2.05, 4.69) is 0 Å². The van der Waals surface area contributed by atoms with Crippen LogP contribution < -0.4 is 4.74 Å². The molecule has 19 heavy (non-hydrogen) atoms. The van der Waals surface area contributed by atoms with Crippen LogP contribution in [0.15, 0.2) is 36.4 Å². The third-order valence-corrected chi connectivity index (χ3v) is 3.16. The summed E-state index contributed by atoms with van der Waals surface area (Å²) >= 11 is 5.74. The summed E-state index contributed by atoms with van der Waals surface area (Å²) < 4.78 is 32.3. The summed E-state index contributed by atoms with van der Waals surface area (Å²) in [6, 6.07) is 9.02. The average molecular weight is 283 g/mol. The van der Waals surface area contributed by atoms with E-state index in [1.807, 2.05) is 6.92 Å². The average Bonchev–Trinajstić information content (AvgIpc) is 2.40. The van der Waals surface area contributed by atoms with Gasteiger partial charge in [0.15, 0.2) is 11.6 Å². The van der Waals surface area contributed by atoms with Crippen LogP contribution in [0.4, 0.5) is 8.78 Å². The number of halogens is 3. The van der Waals surface area contributed by atoms with E-state index in [1.165, 1.54) is 18.2 Å². The summed E-state index contributed by atoms with van der Waals surface area (Å²) in [6.07, 6.45) is 0. The van der Waals surface area contributed by atoms with Gasteiger partial charge in [-0.1, -0.05) is 18.2 Å². The van der Waals surface area contributed by atoms with Crippen molar-refractivity contribution in [2.45, 2.75) is 19.4 Å². The molecule has 0 saturated heterocycles. The minimum Gasteiger partial charge on any atom is -0.485 e. The zero-order chi connectivity index (χ0) is 13.8. The van der Waals surface area contributed by atoms with Crippen molar-refractivity contribution in [3.05, 3.63) is 64.7 Å². The molecule has 0 unspecified atom stereocenters. The number of alkyl halides is 1. The summed E-state index contributed by atoms with van der Waals surface area (Å²) in [6.45, 7) is 1.95. The predicted octanol–water partition coefficient (Wildman–Crippen LogP) is 4.59. The molecule has 4 heteroatoms. The Balaban J connectivity index is 2.21. The van der Waals surface area contributed by atoms with E-state index < -0.39 is 5.82 Å². The van der Waals surface area contributed by atoms with Crippen LogP contribution in [0.1, 0.15) is 16.7 Å². The zero-order valence-corrected chi connectivity index (χ0v) is 11.2. The maximum atomic E-state index is 13.7. The maximum Gasteiger partial charge on any atom is 0.165 e. The Hall–Kier alpha value is -1.61. The number of rotatable bonds is 4. The molecule has 100 valence electrons. The van der Waals surface area contributed by atoms with Crippen LogP contribution in [0.25, 0.3) is 0 Å². The van der Waals surface area contributed by atoms with Crippen molar-refractivity contribution in [3.8, 4) is 5.75 Å². The number of benzene rings is 2. The van der Waals surface area contributed by atoms with Crippen LogP contribution in [0.5, 0.6) is 5.75 Å². The quantitative estimate of drug-likeness (QED) is 0.745. The highest BCUT2D eigenvalue weighted by Crippen LogP contribution is 2.25. The Morgan fingerprint density at radius 2 is 1.89 bits per heavy atom. The van der Waals surface area contributed by atoms with Crippen LogP contribution in [0.2, 0.25) is 0 Å². The van der Waals surface area contributed by atoms with Gasteiger partial charge < -0.3 is 4.74 Å². The first-order chi connectivity index (χ1) is 9.11. The van der Waals surface area contributed by atoms with Gasteiger partial charge >= 0.3 is 0 Å². The summed E-state index contributed by atoms with van der Waals surface area (Å²) in [4.78, 5) is 0. The Morgan fingerprint density at radius 1 is 1.11 bits per heavy atom. The molecule has 2 aromatic rings. The monoisotopic (exact) mass is 282 g/mol. The SMILES string of the molecule is Cc1ccc(F)cc1COc1c(F)cccc1CCl. The topological polar surface area (TPSA) is 9.23 Å². The number of hydrogen-bond donors (Lipinski definition) is 0. The van der Waals surface area contributed by atoms with Gasteiger partial charge in [-0.15, -0.1) is 11.6 Å². The molecule has 0 radical (unpaired) electrons. The molecule has 0 atom stereocenters. The van der Waals surface area contributed by atoms with Crippen molar-refractivity contribution in [2.75, 3.05) is 0 Å². The second-order valence-electron chi connectivity index (χ2n) is 4.22. The van der Waals surface area contributed by atoms with Crippen molar-refractivity contribution in [1.82, 2.24) is 0 Å². The smallest absolute Gasteiger partial charge is 0.165 e. The van der Waals surface area contributed by atoms with Crippen LogP contribution in [0.3, 0.4) is 0 Å². The summed E-state index contributed by atoms with van der Waals surface area (Å²) in [7, 11) is 0. The summed E-state index contributed by atoms with van der Waals surface area (Å²) in [5.74, 6) is -0.515. The van der Waals surface area contributed by atoms with Crippen molar-refractivity contribution < 1.29 is 13.5 Å². The molecule has 0 heterocycles. The zero-order valence-electron chi connectivity index (χ0n) is 10.4. The Bertz CT molecular complexity index is 584. The molecular formula is C15H13ClF2O. The fraction of sp³-hybridized carbons (Fsp3) is 0.200. The highest BCUT2D eigenvalue weighted by Gasteiger charge is 2.10. The van der Waals surface area contributed by atoms with Gasteiger partial charge in [-0.3, -0.25) is 0 Å². The van der Waals surface area contributed by atoms with Gasteiger partial charge in [-0.2, -0.15) is 0 Å². The molecule has 1 nitrogen and oxygen atoms in total. The number of aryl methyl sites for hydroxylation is 1. The first kappa shape index (κ1) is 13.8. The highest BCUT2D eigenvalue weighted by molar-refractivity contribution is 6.17. The van der Waals surface area contributed by atoms with Crippen molar-refractivity contribution in [1.29, 1.82) is 0 Å². The Morgan fingerprint density at radius 3 is 2.63 bits per heavy atom. The molecule has 0 amide bonds. The molecule has 0 fully saturated rings. The van der Waals surface area contributed by atoms with Gasteiger partial charge in [0, 0.05) is 5.56 Å². The number of hydrogen-bond acceptors (Lipinski definition) is 1. The van der Waals surface area contributed by atoms with Gasteiger partial charge in [0.05, 0.1) is 5.88 Å². The number of ether oxygens (including phenoxy) is 1. The van der Waals surface area contributed by atoms with E-state index in [9.17, 15) is 8.78 Å². The Labute approximate surface area is 115 Å². The fourth-order valence-corrected chi connectivity index (χ4v) is 1.98. The van der Waals surface area contributed by atoms with Gasteiger partial charge in [0.1, 0.15) is 12.4 Å². The maximum absolute atomic E-state index is 13.7. The minimum atomic E-state index is -0.466. The van der Waals surface area contributed by atoms with E-state index in [1.54, 1.807) is 18.2 Å². The van der Waals surface area contributed by atoms with Crippen molar-refractivity contribution in [2.24, 2.45) is 0 Å². The minimum absolute atomic E-state index is 0.106. The molecule has 0 aromatic heterocycles. The van der Waals surface area contributed by atoms with Crippen molar-refractivity contribution >= 4 is 11.6 Å². The molecule has 0 N–H and O–H groups in total. The third-order valence-electron chi connectivity index (χ3n) is 2.88. The molecule has 0 saturated carbocycles. The first-order valence-corrected chi connectivity index (χ1v) is 6.36. The lowest BCUT2D eigenvalue weighted by atomic mass is 10.1. The van der Waals surface area contributed by atoms with Crippen molar-refractivity contribution in [3.63, 3.8) is 0 Å². The molecule has 2 rings (SSSR count). The van der Waals surface area contributed by atoms with E-state index in [0.717, 1.165) is 5.56 Å². The van der Waals surface area contributed by atoms with Gasteiger partial charge in [0.2, 0.25) is 0 Å². The van der Waals surface area contributed by atoms with E-state index in [4.69, 9.17) is 16.3 Å². The second kappa shape index (κ2) is 6.02. The molecule has 0 spiro atoms. The van der Waals surface area contributed by atoms with E-state index in [-0.39, 0.29) is 24.1 Å². The van der Waals surface area contributed by atoms with Gasteiger partial charge in [0.25, 0.3) is 0 Å². The van der Waals surface area contributed by atoms with E-state index in [0.29, 0.717) is 11.1 Å². The fourth-order valence-electron chi connectivity index (χ4n) is 1.77. The molecule has 0 aliphatic carbocycles. The molecule has 0 aliphatic rings.